The van der Waals surface area contributed by atoms with E-state index in [1.807, 2.05) is 75.2 Å². The van der Waals surface area contributed by atoms with E-state index >= 15 is 4.79 Å². The second-order valence-electron chi connectivity index (χ2n) is 19.0. The maximum absolute atomic E-state index is 15.6. The largest absolute Gasteiger partial charge is 0.496 e. The van der Waals surface area contributed by atoms with Gasteiger partial charge in [-0.25, -0.2) is 10.2 Å². The fraction of sp³-hybridized carbons (Fsp3) is 0.571. The summed E-state index contributed by atoms with van der Waals surface area (Å²) in [5, 5.41) is 38.9. The average Bonchev–Trinajstić information content (AvgIpc) is 3.98. The molecule has 1 aromatic heterocycles. The van der Waals surface area contributed by atoms with Crippen molar-refractivity contribution in [3.8, 4) is 5.75 Å². The number of carbonyl (C=O) groups is 3. The molecule has 9 rings (SSSR count). The van der Waals surface area contributed by atoms with E-state index in [-0.39, 0.29) is 12.5 Å². The van der Waals surface area contributed by atoms with E-state index in [1.165, 1.54) is 7.11 Å². The van der Waals surface area contributed by atoms with Gasteiger partial charge in [0, 0.05) is 75.9 Å². The molecule has 2 amide bonds. The van der Waals surface area contributed by atoms with Crippen LogP contribution in [0, 0.1) is 11.3 Å². The highest BCUT2D eigenvalue weighted by molar-refractivity contribution is 8.76. The Balaban J connectivity index is 1.28. The Bertz CT molecular complexity index is 2500. The van der Waals surface area contributed by atoms with Crippen LogP contribution in [0.5, 0.6) is 5.75 Å². The molecule has 2 aromatic carbocycles. The summed E-state index contributed by atoms with van der Waals surface area (Å²) in [5.74, 6) is 0.191. The molecule has 66 heavy (non-hydrogen) atoms. The number of methoxy groups -OCH3 is 2. The topological polar surface area (TPSA) is 212 Å². The van der Waals surface area contributed by atoms with Crippen molar-refractivity contribution < 1.29 is 43.9 Å². The number of ether oxygens (including phenoxy) is 3. The van der Waals surface area contributed by atoms with Crippen molar-refractivity contribution in [3.05, 3.63) is 82.1 Å². The molecule has 3 aliphatic heterocycles. The van der Waals surface area contributed by atoms with Crippen molar-refractivity contribution in [3.63, 3.8) is 0 Å². The van der Waals surface area contributed by atoms with Crippen LogP contribution >= 0.6 is 21.6 Å². The fourth-order valence-electron chi connectivity index (χ4n) is 13.7. The summed E-state index contributed by atoms with van der Waals surface area (Å²) in [6, 6.07) is 10.4. The molecule has 8 N–H and O–H groups in total. The van der Waals surface area contributed by atoms with Gasteiger partial charge in [0.15, 0.2) is 11.0 Å². The smallest absolute Gasteiger partial charge is 0.426 e. The summed E-state index contributed by atoms with van der Waals surface area (Å²) in [4.78, 5) is 51.3. The standard InChI is InChI=1S/C49H64N6O9S2/c1-7-45(60)26-28-23-29(27-45)37(28)48(43(58)63-6,38-31(15-18-50)30-13-10-11-14-34(30)51-38)33-24-32-35(25-36(33)62-5)54(4)40-47(32)17-20-55-19-12-16-46(8-2,39(47)55)41(56)49(40,61)42(57)52-53-44(59)64-21-22-66-65-9-3/h10-14,16,24-25,28,39-41,51,56,60-61H,7-9,15,17-23,26-27,50H2,1-6H3,(H,52,57)(H,53,59)/t28-,39-,40+,41+,45-,46+,47+,48+,49-/m0/s1. The summed E-state index contributed by atoms with van der Waals surface area (Å²) < 4.78 is 17.7. The number of aromatic amines is 1. The number of aliphatic hydroxyl groups is 3. The molecule has 2 saturated carbocycles. The molecule has 6 aliphatic rings. The highest BCUT2D eigenvalue weighted by Crippen LogP contribution is 2.68. The number of rotatable bonds is 15. The number of H-pyrrole nitrogens is 1. The number of amides is 2. The number of anilines is 1. The zero-order valence-electron chi connectivity index (χ0n) is 38.7. The van der Waals surface area contributed by atoms with Gasteiger partial charge < -0.3 is 45.1 Å². The van der Waals surface area contributed by atoms with Gasteiger partial charge in [-0.15, -0.1) is 0 Å². The van der Waals surface area contributed by atoms with Crippen LogP contribution in [0.15, 0.2) is 59.7 Å². The van der Waals surface area contributed by atoms with Gasteiger partial charge in [-0.05, 0) is 92.8 Å². The number of nitrogens with one attached hydrogen (secondary N) is 3. The van der Waals surface area contributed by atoms with E-state index in [0.717, 1.165) is 45.3 Å². The molecule has 15 nitrogen and oxygen atoms in total. The predicted molar refractivity (Wildman–Crippen MR) is 256 cm³/mol. The third-order valence-electron chi connectivity index (χ3n) is 16.2. The number of nitrogens with two attached hydrogens (primary N) is 1. The molecule has 17 heteroatoms. The molecule has 2 bridgehead atoms. The lowest BCUT2D eigenvalue weighted by atomic mass is 9.47. The van der Waals surface area contributed by atoms with Crippen LogP contribution in [0.1, 0.15) is 81.7 Å². The van der Waals surface area contributed by atoms with Gasteiger partial charge in [0.2, 0.25) is 0 Å². The van der Waals surface area contributed by atoms with Gasteiger partial charge in [-0.2, -0.15) is 0 Å². The van der Waals surface area contributed by atoms with E-state index in [2.05, 4.69) is 26.8 Å². The van der Waals surface area contributed by atoms with Crippen LogP contribution in [-0.2, 0) is 36.3 Å². The third kappa shape index (κ3) is 6.46. The molecule has 0 radical (unpaired) electrons. The number of benzene rings is 2. The van der Waals surface area contributed by atoms with Gasteiger partial charge in [0.25, 0.3) is 5.91 Å². The molecule has 356 valence electrons. The van der Waals surface area contributed by atoms with E-state index in [9.17, 15) is 24.9 Å². The zero-order valence-corrected chi connectivity index (χ0v) is 40.3. The van der Waals surface area contributed by atoms with Gasteiger partial charge >= 0.3 is 12.1 Å². The molecule has 3 fully saturated rings. The van der Waals surface area contributed by atoms with E-state index in [0.29, 0.717) is 86.6 Å². The summed E-state index contributed by atoms with van der Waals surface area (Å²) in [5.41, 5.74) is 10.2. The number of hydrogen-bond acceptors (Lipinski definition) is 14. The van der Waals surface area contributed by atoms with Crippen LogP contribution in [0.25, 0.3) is 10.9 Å². The maximum atomic E-state index is 15.6. The number of hydrazine groups is 1. The van der Waals surface area contributed by atoms with Crippen molar-refractivity contribution >= 4 is 56.1 Å². The van der Waals surface area contributed by atoms with Gasteiger partial charge in [-0.1, -0.05) is 78.3 Å². The number of hydrogen-bond donors (Lipinski definition) is 7. The SMILES string of the molecule is CCSSCCOC(=O)NNC(=O)[C@@]1(O)[C@H](O)[C@]2(CC)C=CCN3CC[C@@]4(c5cc([C@@](C(=O)OC)(C6=C7C[C@H]6C[C@@](O)(CC)C7)c6[nH]c7ccccc7c6CCN)c(OC)cc5N(C)[C@@H]14)[C@@H]32. The molecule has 0 unspecified atom stereocenters. The molecule has 4 heterocycles. The molecular weight excluding hydrogens is 881 g/mol. The number of nitrogens with zero attached hydrogens (tertiary/aromatic N) is 2. The van der Waals surface area contributed by atoms with E-state index in [4.69, 9.17) is 19.9 Å². The monoisotopic (exact) mass is 944 g/mol. The maximum Gasteiger partial charge on any atom is 0.426 e. The molecule has 3 aromatic rings. The number of esters is 1. The van der Waals surface area contributed by atoms with Crippen molar-refractivity contribution in [2.75, 3.05) is 63.9 Å². The first-order valence-electron chi connectivity index (χ1n) is 23.3. The van der Waals surface area contributed by atoms with Crippen LogP contribution in [-0.4, -0.2) is 132 Å². The molecular formula is C49H64N6O9S2. The minimum atomic E-state index is -2.50. The quantitative estimate of drug-likeness (QED) is 0.0361. The lowest BCUT2D eigenvalue weighted by molar-refractivity contribution is -0.204. The second-order valence-corrected chi connectivity index (χ2v) is 21.9. The van der Waals surface area contributed by atoms with Crippen molar-refractivity contribution in [1.82, 2.24) is 20.7 Å². The molecule has 3 aliphatic carbocycles. The van der Waals surface area contributed by atoms with Gasteiger partial charge in [0.1, 0.15) is 18.5 Å². The summed E-state index contributed by atoms with van der Waals surface area (Å²) in [7, 11) is 8.00. The minimum Gasteiger partial charge on any atom is -0.496 e. The minimum absolute atomic E-state index is 0.110. The zero-order chi connectivity index (χ0) is 47.0. The fourth-order valence-corrected chi connectivity index (χ4v) is 15.2. The van der Waals surface area contributed by atoms with Crippen molar-refractivity contribution in [2.45, 2.75) is 106 Å². The summed E-state index contributed by atoms with van der Waals surface area (Å²) in [6.45, 7) is 7.61. The van der Waals surface area contributed by atoms with E-state index in [1.54, 1.807) is 28.7 Å². The predicted octanol–water partition coefficient (Wildman–Crippen LogP) is 4.75. The Morgan fingerprint density at radius 2 is 1.85 bits per heavy atom. The number of carbonyl (C=O) groups excluding carboxylic acids is 3. The molecule has 1 spiro atoms. The Kier molecular flexibility index (Phi) is 12.3. The first-order chi connectivity index (χ1) is 31.7. The second kappa shape index (κ2) is 17.4. The highest BCUT2D eigenvalue weighted by atomic mass is 33.1. The normalized spacial score (nSPS) is 31.4. The highest BCUT2D eigenvalue weighted by Gasteiger charge is 2.79. The number of aromatic nitrogens is 1. The van der Waals surface area contributed by atoms with Crippen LogP contribution in [0.2, 0.25) is 0 Å². The van der Waals surface area contributed by atoms with E-state index < -0.39 is 63.6 Å². The summed E-state index contributed by atoms with van der Waals surface area (Å²) in [6.07, 6.45) is 4.95. The van der Waals surface area contributed by atoms with Crippen molar-refractivity contribution in [1.29, 1.82) is 0 Å². The van der Waals surface area contributed by atoms with Crippen LogP contribution in [0.4, 0.5) is 10.5 Å². The lowest BCUT2D eigenvalue weighted by Crippen LogP contribution is -2.82. The van der Waals surface area contributed by atoms with Gasteiger partial charge in [0.05, 0.1) is 25.9 Å². The molecule has 1 saturated heterocycles. The average molecular weight is 945 g/mol. The van der Waals surface area contributed by atoms with Crippen molar-refractivity contribution in [2.24, 2.45) is 17.1 Å². The van der Waals surface area contributed by atoms with Crippen LogP contribution in [0.3, 0.4) is 0 Å². The Hall–Kier alpha value is -4.23. The van der Waals surface area contributed by atoms with Crippen LogP contribution < -0.4 is 26.2 Å². The first-order valence-corrected chi connectivity index (χ1v) is 25.8. The molecule has 9 atom stereocenters. The Labute approximate surface area is 394 Å². The number of fused-ring (bicyclic) bond motifs is 4. The Morgan fingerprint density at radius 1 is 1.06 bits per heavy atom. The first kappa shape index (κ1) is 46.9. The summed E-state index contributed by atoms with van der Waals surface area (Å²) >= 11 is 0. The van der Waals surface area contributed by atoms with Gasteiger partial charge in [-0.3, -0.25) is 19.9 Å². The lowest BCUT2D eigenvalue weighted by Gasteiger charge is -2.63. The number of aliphatic hydroxyl groups excluding tert-OH is 1. The third-order valence-corrected chi connectivity index (χ3v) is 18.6. The Morgan fingerprint density at radius 3 is 2.53 bits per heavy atom. The number of likely N-dealkylation sites (N-methyl/N-ethyl adjacent to an activating group) is 1. The number of para-hydroxylation sites is 1.